The predicted molar refractivity (Wildman–Crippen MR) is 54.5 cm³/mol. The third-order valence-electron chi connectivity index (χ3n) is 2.64. The third kappa shape index (κ3) is 1.85. The first-order valence-corrected chi connectivity index (χ1v) is 4.89. The SMILES string of the molecule is Cc1cccc(O)c1NC(=O)C1CC1(F)F. The molecule has 0 radical (unpaired) electrons. The van der Waals surface area contributed by atoms with Crippen molar-refractivity contribution in [2.24, 2.45) is 5.92 Å². The molecular weight excluding hydrogens is 216 g/mol. The maximum absolute atomic E-state index is 12.6. The largest absolute Gasteiger partial charge is 0.506 e. The molecule has 1 amide bonds. The number of rotatable bonds is 2. The number of anilines is 1. The molecule has 0 saturated heterocycles. The summed E-state index contributed by atoms with van der Waals surface area (Å²) in [5, 5.41) is 11.8. The molecule has 1 fully saturated rings. The minimum Gasteiger partial charge on any atom is -0.506 e. The number of aryl methyl sites for hydroxylation is 1. The summed E-state index contributed by atoms with van der Waals surface area (Å²) in [4.78, 5) is 11.4. The van der Waals surface area contributed by atoms with E-state index in [1.54, 1.807) is 19.1 Å². The fraction of sp³-hybridized carbons (Fsp3) is 0.364. The van der Waals surface area contributed by atoms with Crippen LogP contribution in [0.25, 0.3) is 0 Å². The van der Waals surface area contributed by atoms with Gasteiger partial charge >= 0.3 is 0 Å². The van der Waals surface area contributed by atoms with Crippen molar-refractivity contribution in [3.05, 3.63) is 23.8 Å². The zero-order valence-corrected chi connectivity index (χ0v) is 8.63. The van der Waals surface area contributed by atoms with Crippen molar-refractivity contribution in [2.75, 3.05) is 5.32 Å². The van der Waals surface area contributed by atoms with Crippen LogP contribution in [-0.4, -0.2) is 16.9 Å². The normalized spacial score (nSPS) is 21.6. The van der Waals surface area contributed by atoms with Crippen LogP contribution in [-0.2, 0) is 4.79 Å². The van der Waals surface area contributed by atoms with Gasteiger partial charge in [0.05, 0.1) is 5.69 Å². The molecular formula is C11H11F2NO2. The number of halogens is 2. The van der Waals surface area contributed by atoms with Crippen molar-refractivity contribution in [2.45, 2.75) is 19.3 Å². The molecule has 1 aromatic carbocycles. The van der Waals surface area contributed by atoms with E-state index < -0.39 is 24.2 Å². The first-order valence-electron chi connectivity index (χ1n) is 4.89. The average Bonchev–Trinajstić information content (AvgIpc) is 2.82. The lowest BCUT2D eigenvalue weighted by molar-refractivity contribution is -0.119. The van der Waals surface area contributed by atoms with E-state index in [1.807, 2.05) is 0 Å². The van der Waals surface area contributed by atoms with Gasteiger partial charge in [-0.1, -0.05) is 12.1 Å². The van der Waals surface area contributed by atoms with Crippen LogP contribution in [0.1, 0.15) is 12.0 Å². The lowest BCUT2D eigenvalue weighted by atomic mass is 10.2. The third-order valence-corrected chi connectivity index (χ3v) is 2.64. The molecule has 2 N–H and O–H groups in total. The zero-order valence-electron chi connectivity index (χ0n) is 8.63. The molecule has 1 saturated carbocycles. The summed E-state index contributed by atoms with van der Waals surface area (Å²) in [5.74, 6) is -5.00. The number of aromatic hydroxyl groups is 1. The molecule has 0 heterocycles. The van der Waals surface area contributed by atoms with E-state index in [0.29, 0.717) is 5.56 Å². The molecule has 0 bridgehead atoms. The maximum Gasteiger partial charge on any atom is 0.260 e. The minimum atomic E-state index is -2.89. The molecule has 0 spiro atoms. The summed E-state index contributed by atoms with van der Waals surface area (Å²) < 4.78 is 25.3. The lowest BCUT2D eigenvalue weighted by Gasteiger charge is -2.09. The van der Waals surface area contributed by atoms with Gasteiger partial charge in [0.2, 0.25) is 5.91 Å². The Bertz CT molecular complexity index is 425. The number of carbonyl (C=O) groups excluding carboxylic acids is 1. The van der Waals surface area contributed by atoms with E-state index >= 15 is 0 Å². The maximum atomic E-state index is 12.6. The molecule has 2 rings (SSSR count). The number of carbonyl (C=O) groups is 1. The Balaban J connectivity index is 2.13. The van der Waals surface area contributed by atoms with Crippen molar-refractivity contribution in [3.63, 3.8) is 0 Å². The summed E-state index contributed by atoms with van der Waals surface area (Å²) in [5.41, 5.74) is 0.840. The highest BCUT2D eigenvalue weighted by molar-refractivity contribution is 5.97. The first-order chi connectivity index (χ1) is 7.42. The van der Waals surface area contributed by atoms with Gasteiger partial charge in [-0.15, -0.1) is 0 Å². The molecule has 86 valence electrons. The van der Waals surface area contributed by atoms with Crippen molar-refractivity contribution < 1.29 is 18.7 Å². The van der Waals surface area contributed by atoms with E-state index in [4.69, 9.17) is 0 Å². The summed E-state index contributed by atoms with van der Waals surface area (Å²) in [7, 11) is 0. The van der Waals surface area contributed by atoms with E-state index in [1.165, 1.54) is 6.07 Å². The van der Waals surface area contributed by atoms with Crippen molar-refractivity contribution in [1.29, 1.82) is 0 Å². The van der Waals surface area contributed by atoms with Crippen molar-refractivity contribution >= 4 is 11.6 Å². The quantitative estimate of drug-likeness (QED) is 0.761. The molecule has 1 aliphatic rings. The Kier molecular flexibility index (Phi) is 2.33. The monoisotopic (exact) mass is 227 g/mol. The van der Waals surface area contributed by atoms with E-state index in [0.717, 1.165) is 0 Å². The number of para-hydroxylation sites is 1. The number of hydrogen-bond acceptors (Lipinski definition) is 2. The van der Waals surface area contributed by atoms with Crippen LogP contribution in [0.15, 0.2) is 18.2 Å². The zero-order chi connectivity index (χ0) is 11.9. The van der Waals surface area contributed by atoms with Crippen LogP contribution < -0.4 is 5.32 Å². The predicted octanol–water partition coefficient (Wildman–Crippen LogP) is 2.29. The molecule has 1 aliphatic carbocycles. The van der Waals surface area contributed by atoms with Gasteiger partial charge in [0.1, 0.15) is 11.7 Å². The molecule has 0 aliphatic heterocycles. The Labute approximate surface area is 91.1 Å². The number of phenols is 1. The fourth-order valence-electron chi connectivity index (χ4n) is 1.52. The molecule has 16 heavy (non-hydrogen) atoms. The number of benzene rings is 1. The molecule has 3 nitrogen and oxygen atoms in total. The number of nitrogens with one attached hydrogen (secondary N) is 1. The summed E-state index contributed by atoms with van der Waals surface area (Å²) >= 11 is 0. The van der Waals surface area contributed by atoms with Gasteiger partial charge in [-0.05, 0) is 18.6 Å². The minimum absolute atomic E-state index is 0.114. The van der Waals surface area contributed by atoms with Crippen molar-refractivity contribution in [1.82, 2.24) is 0 Å². The Morgan fingerprint density at radius 1 is 1.56 bits per heavy atom. The van der Waals surface area contributed by atoms with Gasteiger partial charge in [0.15, 0.2) is 0 Å². The van der Waals surface area contributed by atoms with Gasteiger partial charge < -0.3 is 10.4 Å². The Morgan fingerprint density at radius 2 is 2.19 bits per heavy atom. The summed E-state index contributed by atoms with van der Waals surface area (Å²) in [6.45, 7) is 1.68. The van der Waals surface area contributed by atoms with E-state index in [2.05, 4.69) is 5.32 Å². The van der Waals surface area contributed by atoms with Crippen LogP contribution in [0, 0.1) is 12.8 Å². The summed E-state index contributed by atoms with van der Waals surface area (Å²) in [6, 6.07) is 4.69. The van der Waals surface area contributed by atoms with Gasteiger partial charge in [-0.2, -0.15) is 0 Å². The topological polar surface area (TPSA) is 49.3 Å². The van der Waals surface area contributed by atoms with Crippen LogP contribution in [0.3, 0.4) is 0 Å². The first kappa shape index (κ1) is 10.9. The molecule has 1 atom stereocenters. The number of hydrogen-bond donors (Lipinski definition) is 2. The lowest BCUT2D eigenvalue weighted by Crippen LogP contribution is -2.18. The average molecular weight is 227 g/mol. The fourth-order valence-corrected chi connectivity index (χ4v) is 1.52. The number of alkyl halides is 2. The highest BCUT2D eigenvalue weighted by Crippen LogP contribution is 2.49. The second-order valence-electron chi connectivity index (χ2n) is 3.98. The highest BCUT2D eigenvalue weighted by Gasteiger charge is 2.61. The highest BCUT2D eigenvalue weighted by atomic mass is 19.3. The van der Waals surface area contributed by atoms with Crippen molar-refractivity contribution in [3.8, 4) is 5.75 Å². The standard InChI is InChI=1S/C11H11F2NO2/c1-6-3-2-4-8(15)9(6)14-10(16)7-5-11(7,12)13/h2-4,7,15H,5H2,1H3,(H,14,16). The van der Waals surface area contributed by atoms with E-state index in [9.17, 15) is 18.7 Å². The smallest absolute Gasteiger partial charge is 0.260 e. The van der Waals surface area contributed by atoms with Gasteiger partial charge in [0, 0.05) is 6.42 Å². The van der Waals surface area contributed by atoms with E-state index in [-0.39, 0.29) is 11.4 Å². The summed E-state index contributed by atoms with van der Waals surface area (Å²) in [6.07, 6.45) is -0.411. The van der Waals surface area contributed by atoms with Crippen LogP contribution >= 0.6 is 0 Å². The second-order valence-corrected chi connectivity index (χ2v) is 3.98. The molecule has 0 aromatic heterocycles. The van der Waals surface area contributed by atoms with Gasteiger partial charge in [-0.3, -0.25) is 4.79 Å². The molecule has 1 unspecified atom stereocenters. The Morgan fingerprint density at radius 3 is 2.69 bits per heavy atom. The molecule has 5 heteroatoms. The molecule has 1 aromatic rings. The van der Waals surface area contributed by atoms with Crippen LogP contribution in [0.2, 0.25) is 0 Å². The number of phenolic OH excluding ortho intramolecular Hbond substituents is 1. The van der Waals surface area contributed by atoms with Gasteiger partial charge in [-0.25, -0.2) is 8.78 Å². The second kappa shape index (κ2) is 3.43. The van der Waals surface area contributed by atoms with Gasteiger partial charge in [0.25, 0.3) is 5.92 Å². The van der Waals surface area contributed by atoms with Crippen LogP contribution in [0.5, 0.6) is 5.75 Å². The Hall–Kier alpha value is -1.65. The van der Waals surface area contributed by atoms with Crippen LogP contribution in [0.4, 0.5) is 14.5 Å². The number of amides is 1.